The van der Waals surface area contributed by atoms with E-state index in [4.69, 9.17) is 17.0 Å². The van der Waals surface area contributed by atoms with Crippen LogP contribution in [0.4, 0.5) is 0 Å². The van der Waals surface area contributed by atoms with E-state index in [2.05, 4.69) is 10.6 Å². The number of hydrogen-bond donors (Lipinski definition) is 2. The van der Waals surface area contributed by atoms with Gasteiger partial charge in [0.1, 0.15) is 0 Å². The maximum atomic E-state index is 11.6. The summed E-state index contributed by atoms with van der Waals surface area (Å²) in [6.07, 6.45) is 4.06. The Hall–Kier alpha value is -1.72. The number of carbonyl (C=O) groups is 1. The molecule has 1 rings (SSSR count). The number of ether oxygens (including phenoxy) is 1. The lowest BCUT2D eigenvalue weighted by molar-refractivity contribution is -0.115. The molecule has 1 amide bonds. The summed E-state index contributed by atoms with van der Waals surface area (Å²) >= 11 is 5.02. The van der Waals surface area contributed by atoms with Gasteiger partial charge in [-0.1, -0.05) is 30.3 Å². The van der Waals surface area contributed by atoms with Gasteiger partial charge in [0.15, 0.2) is 5.11 Å². The van der Waals surface area contributed by atoms with Crippen molar-refractivity contribution in [3.63, 3.8) is 0 Å². The minimum atomic E-state index is -0.240. The van der Waals surface area contributed by atoms with Crippen molar-refractivity contribution in [3.05, 3.63) is 42.0 Å². The first-order valence-electron chi connectivity index (χ1n) is 6.62. The molecular weight excluding hydrogens is 272 g/mol. The predicted octanol–water partition coefficient (Wildman–Crippen LogP) is 2.12. The van der Waals surface area contributed by atoms with Gasteiger partial charge in [-0.15, -0.1) is 0 Å². The summed E-state index contributed by atoms with van der Waals surface area (Å²) in [6.45, 7) is 4.04. The largest absolute Gasteiger partial charge is 0.382 e. The summed E-state index contributed by atoms with van der Waals surface area (Å²) < 4.78 is 5.20. The van der Waals surface area contributed by atoms with Gasteiger partial charge in [0.05, 0.1) is 0 Å². The number of hydrogen-bond acceptors (Lipinski definition) is 3. The van der Waals surface area contributed by atoms with Gasteiger partial charge in [-0.2, -0.15) is 0 Å². The van der Waals surface area contributed by atoms with Crippen LogP contribution in [0.1, 0.15) is 18.9 Å². The Bertz CT molecular complexity index is 446. The van der Waals surface area contributed by atoms with Crippen LogP contribution in [-0.4, -0.2) is 30.8 Å². The molecule has 20 heavy (non-hydrogen) atoms. The van der Waals surface area contributed by atoms with E-state index >= 15 is 0 Å². The lowest BCUT2D eigenvalue weighted by Gasteiger charge is -2.07. The van der Waals surface area contributed by atoms with Crippen LogP contribution < -0.4 is 10.6 Å². The van der Waals surface area contributed by atoms with Crippen molar-refractivity contribution in [2.75, 3.05) is 19.8 Å². The van der Waals surface area contributed by atoms with Gasteiger partial charge in [0, 0.05) is 25.8 Å². The number of nitrogens with one attached hydrogen (secondary N) is 2. The number of amides is 1. The van der Waals surface area contributed by atoms with Crippen LogP contribution in [0.5, 0.6) is 0 Å². The average Bonchev–Trinajstić information content (AvgIpc) is 2.46. The summed E-state index contributed by atoms with van der Waals surface area (Å²) in [5.41, 5.74) is 0.971. The van der Waals surface area contributed by atoms with Crippen LogP contribution in [0, 0.1) is 0 Å². The topological polar surface area (TPSA) is 50.4 Å². The maximum absolute atomic E-state index is 11.6. The SMILES string of the molecule is CCOCCCNC(=S)NC(=O)/C=C/c1ccccc1. The number of rotatable bonds is 7. The normalized spacial score (nSPS) is 10.4. The van der Waals surface area contributed by atoms with Crippen LogP contribution >= 0.6 is 12.2 Å². The lowest BCUT2D eigenvalue weighted by Crippen LogP contribution is -2.39. The Balaban J connectivity index is 2.21. The minimum Gasteiger partial charge on any atom is -0.382 e. The molecule has 0 aliphatic carbocycles. The third-order valence-electron chi connectivity index (χ3n) is 2.42. The van der Waals surface area contributed by atoms with Gasteiger partial charge >= 0.3 is 0 Å². The molecule has 0 heterocycles. The predicted molar refractivity (Wildman–Crippen MR) is 85.3 cm³/mol. The molecule has 0 bridgehead atoms. The van der Waals surface area contributed by atoms with Crippen LogP contribution in [-0.2, 0) is 9.53 Å². The zero-order chi connectivity index (χ0) is 14.6. The highest BCUT2D eigenvalue weighted by Gasteiger charge is 1.99. The molecule has 1 aromatic carbocycles. The van der Waals surface area contributed by atoms with E-state index in [1.807, 2.05) is 37.3 Å². The second-order valence-corrected chi connectivity index (χ2v) is 4.45. The van der Waals surface area contributed by atoms with Crippen molar-refractivity contribution in [2.24, 2.45) is 0 Å². The Kier molecular flexibility index (Phi) is 8.26. The fraction of sp³-hybridized carbons (Fsp3) is 0.333. The highest BCUT2D eigenvalue weighted by Crippen LogP contribution is 2.00. The van der Waals surface area contributed by atoms with Gasteiger partial charge < -0.3 is 10.1 Å². The molecule has 108 valence electrons. The molecule has 0 saturated carbocycles. The third kappa shape index (κ3) is 7.66. The second-order valence-electron chi connectivity index (χ2n) is 4.04. The first-order valence-corrected chi connectivity index (χ1v) is 7.03. The molecule has 1 aromatic rings. The van der Waals surface area contributed by atoms with E-state index in [1.165, 1.54) is 6.08 Å². The Morgan fingerprint density at radius 2 is 2.10 bits per heavy atom. The monoisotopic (exact) mass is 292 g/mol. The van der Waals surface area contributed by atoms with E-state index in [0.29, 0.717) is 24.9 Å². The molecule has 4 nitrogen and oxygen atoms in total. The standard InChI is InChI=1S/C15H20N2O2S/c1-2-19-12-6-11-16-15(20)17-14(18)10-9-13-7-4-3-5-8-13/h3-5,7-10H,2,6,11-12H2,1H3,(H2,16,17,18,20)/b10-9+. The molecule has 0 atom stereocenters. The van der Waals surface area contributed by atoms with Crippen molar-refractivity contribution in [2.45, 2.75) is 13.3 Å². The van der Waals surface area contributed by atoms with Crippen molar-refractivity contribution in [1.82, 2.24) is 10.6 Å². The second kappa shape index (κ2) is 10.1. The summed E-state index contributed by atoms with van der Waals surface area (Å²) in [4.78, 5) is 11.6. The maximum Gasteiger partial charge on any atom is 0.250 e. The van der Waals surface area contributed by atoms with Gasteiger partial charge in [-0.3, -0.25) is 10.1 Å². The summed E-state index contributed by atoms with van der Waals surface area (Å²) in [7, 11) is 0. The van der Waals surface area contributed by atoms with Crippen LogP contribution in [0.2, 0.25) is 0 Å². The van der Waals surface area contributed by atoms with Crippen LogP contribution in [0.25, 0.3) is 6.08 Å². The fourth-order valence-corrected chi connectivity index (χ4v) is 1.66. The highest BCUT2D eigenvalue weighted by atomic mass is 32.1. The molecule has 0 spiro atoms. The summed E-state index contributed by atoms with van der Waals surface area (Å²) in [5, 5.41) is 5.89. The summed E-state index contributed by atoms with van der Waals surface area (Å²) in [6, 6.07) is 9.62. The van der Waals surface area contributed by atoms with Crippen molar-refractivity contribution in [1.29, 1.82) is 0 Å². The molecular formula is C15H20N2O2S. The summed E-state index contributed by atoms with van der Waals surface area (Å²) in [5.74, 6) is -0.240. The molecule has 0 saturated heterocycles. The average molecular weight is 292 g/mol. The zero-order valence-corrected chi connectivity index (χ0v) is 12.4. The Morgan fingerprint density at radius 3 is 2.80 bits per heavy atom. The zero-order valence-electron chi connectivity index (χ0n) is 11.6. The van der Waals surface area contributed by atoms with Crippen molar-refractivity contribution < 1.29 is 9.53 Å². The Morgan fingerprint density at radius 1 is 1.35 bits per heavy atom. The van der Waals surface area contributed by atoms with E-state index in [0.717, 1.165) is 12.0 Å². The quantitative estimate of drug-likeness (QED) is 0.459. The van der Waals surface area contributed by atoms with Gasteiger partial charge in [-0.05, 0) is 37.2 Å². The number of carbonyl (C=O) groups excluding carboxylic acids is 1. The van der Waals surface area contributed by atoms with Crippen molar-refractivity contribution >= 4 is 29.3 Å². The van der Waals surface area contributed by atoms with Gasteiger partial charge in [-0.25, -0.2) is 0 Å². The van der Waals surface area contributed by atoms with Gasteiger partial charge in [0.25, 0.3) is 0 Å². The van der Waals surface area contributed by atoms with Crippen LogP contribution in [0.15, 0.2) is 36.4 Å². The first kappa shape index (κ1) is 16.3. The van der Waals surface area contributed by atoms with E-state index in [1.54, 1.807) is 6.08 Å². The number of benzene rings is 1. The molecule has 0 radical (unpaired) electrons. The van der Waals surface area contributed by atoms with Gasteiger partial charge in [0.2, 0.25) is 5.91 Å². The minimum absolute atomic E-state index is 0.240. The fourth-order valence-electron chi connectivity index (χ4n) is 1.45. The third-order valence-corrected chi connectivity index (χ3v) is 2.66. The van der Waals surface area contributed by atoms with Crippen molar-refractivity contribution in [3.8, 4) is 0 Å². The molecule has 2 N–H and O–H groups in total. The smallest absolute Gasteiger partial charge is 0.250 e. The van der Waals surface area contributed by atoms with Crippen LogP contribution in [0.3, 0.4) is 0 Å². The molecule has 5 heteroatoms. The molecule has 0 fully saturated rings. The van der Waals surface area contributed by atoms with E-state index in [9.17, 15) is 4.79 Å². The molecule has 0 aromatic heterocycles. The highest BCUT2D eigenvalue weighted by molar-refractivity contribution is 7.80. The molecule has 0 aliphatic heterocycles. The van der Waals surface area contributed by atoms with E-state index < -0.39 is 0 Å². The number of thiocarbonyl (C=S) groups is 1. The lowest BCUT2D eigenvalue weighted by atomic mass is 10.2. The molecule has 0 unspecified atom stereocenters. The Labute approximate surface area is 125 Å². The van der Waals surface area contributed by atoms with E-state index in [-0.39, 0.29) is 5.91 Å². The first-order chi connectivity index (χ1) is 9.72. The molecule has 0 aliphatic rings.